The second kappa shape index (κ2) is 8.71. The lowest BCUT2D eigenvalue weighted by atomic mass is 9.90. The maximum Gasteiger partial charge on any atom is 0.377 e. The Hall–Kier alpha value is -2.82. The second-order valence-corrected chi connectivity index (χ2v) is 7.07. The van der Waals surface area contributed by atoms with E-state index in [4.69, 9.17) is 14.6 Å². The van der Waals surface area contributed by atoms with Crippen LogP contribution >= 0.6 is 0 Å². The van der Waals surface area contributed by atoms with E-state index in [9.17, 15) is 9.59 Å². The standard InChI is InChI=1S/C22H26O5/c1-13(2)18-10-16(20(23)22(24)25)11-19(14(3)4)21(18)27-12-15-7-6-8-17(9-15)26-5/h6-11,13-14H,12H2,1-5H3,(H,24,25). The first-order valence-corrected chi connectivity index (χ1v) is 8.95. The lowest BCUT2D eigenvalue weighted by Gasteiger charge is -2.21. The summed E-state index contributed by atoms with van der Waals surface area (Å²) >= 11 is 0. The minimum absolute atomic E-state index is 0.0735. The van der Waals surface area contributed by atoms with Crippen LogP contribution < -0.4 is 9.47 Å². The third-order valence-corrected chi connectivity index (χ3v) is 4.36. The first-order chi connectivity index (χ1) is 12.7. The number of ether oxygens (including phenoxy) is 2. The van der Waals surface area contributed by atoms with E-state index < -0.39 is 11.8 Å². The van der Waals surface area contributed by atoms with Crippen LogP contribution in [0.3, 0.4) is 0 Å². The van der Waals surface area contributed by atoms with Crippen molar-refractivity contribution in [1.82, 2.24) is 0 Å². The highest BCUT2D eigenvalue weighted by Crippen LogP contribution is 2.36. The summed E-state index contributed by atoms with van der Waals surface area (Å²) in [5.74, 6) is -0.743. The SMILES string of the molecule is COc1cccc(COc2c(C(C)C)cc(C(=O)C(=O)O)cc2C(C)C)c1. The van der Waals surface area contributed by atoms with Gasteiger partial charge in [0.1, 0.15) is 18.1 Å². The van der Waals surface area contributed by atoms with E-state index in [2.05, 4.69) is 0 Å². The number of ketones is 1. The van der Waals surface area contributed by atoms with Gasteiger partial charge < -0.3 is 14.6 Å². The van der Waals surface area contributed by atoms with Gasteiger partial charge in [-0.3, -0.25) is 4.79 Å². The van der Waals surface area contributed by atoms with Crippen LogP contribution in [0, 0.1) is 0 Å². The van der Waals surface area contributed by atoms with Gasteiger partial charge in [0.15, 0.2) is 0 Å². The molecule has 0 heterocycles. The van der Waals surface area contributed by atoms with Crippen LogP contribution in [0.4, 0.5) is 0 Å². The van der Waals surface area contributed by atoms with Gasteiger partial charge in [-0.15, -0.1) is 0 Å². The number of rotatable bonds is 8. The molecular weight excluding hydrogens is 344 g/mol. The number of carbonyl (C=O) groups excluding carboxylic acids is 1. The van der Waals surface area contributed by atoms with Crippen molar-refractivity contribution in [3.63, 3.8) is 0 Å². The molecule has 5 nitrogen and oxygen atoms in total. The average molecular weight is 370 g/mol. The predicted octanol–water partition coefficient (Wildman–Crippen LogP) is 4.79. The summed E-state index contributed by atoms with van der Waals surface area (Å²) in [6.07, 6.45) is 0. The molecule has 5 heteroatoms. The number of hydrogen-bond donors (Lipinski definition) is 1. The van der Waals surface area contributed by atoms with Crippen molar-refractivity contribution in [1.29, 1.82) is 0 Å². The average Bonchev–Trinajstić information content (AvgIpc) is 2.64. The van der Waals surface area contributed by atoms with Crippen LogP contribution in [-0.4, -0.2) is 24.0 Å². The monoisotopic (exact) mass is 370 g/mol. The van der Waals surface area contributed by atoms with Gasteiger partial charge in [-0.25, -0.2) is 4.79 Å². The highest BCUT2D eigenvalue weighted by atomic mass is 16.5. The van der Waals surface area contributed by atoms with E-state index in [1.807, 2.05) is 52.0 Å². The molecule has 0 amide bonds. The van der Waals surface area contributed by atoms with E-state index in [0.717, 1.165) is 22.4 Å². The number of aliphatic carboxylic acids is 1. The van der Waals surface area contributed by atoms with E-state index in [1.54, 1.807) is 19.2 Å². The smallest absolute Gasteiger partial charge is 0.377 e. The molecule has 0 unspecified atom stereocenters. The molecule has 0 saturated carbocycles. The van der Waals surface area contributed by atoms with Crippen molar-refractivity contribution < 1.29 is 24.2 Å². The zero-order valence-corrected chi connectivity index (χ0v) is 16.4. The molecule has 0 aliphatic carbocycles. The Labute approximate surface area is 159 Å². The molecule has 27 heavy (non-hydrogen) atoms. The topological polar surface area (TPSA) is 72.8 Å². The Kier molecular flexibility index (Phi) is 6.61. The molecule has 0 fully saturated rings. The molecule has 0 atom stereocenters. The van der Waals surface area contributed by atoms with E-state index in [1.165, 1.54) is 0 Å². The molecule has 0 aromatic heterocycles. The Bertz CT molecular complexity index is 807. The van der Waals surface area contributed by atoms with E-state index >= 15 is 0 Å². The summed E-state index contributed by atoms with van der Waals surface area (Å²) in [6, 6.07) is 10.9. The number of carboxylic acids is 1. The van der Waals surface area contributed by atoms with Crippen molar-refractivity contribution in [3.05, 3.63) is 58.7 Å². The number of Topliss-reactive ketones (excluding diaryl/α,β-unsaturated/α-hetero) is 1. The highest BCUT2D eigenvalue weighted by molar-refractivity contribution is 6.39. The zero-order chi connectivity index (χ0) is 20.1. The van der Waals surface area contributed by atoms with Gasteiger partial charge in [0.25, 0.3) is 5.78 Å². The van der Waals surface area contributed by atoms with Gasteiger partial charge in [0, 0.05) is 5.56 Å². The highest BCUT2D eigenvalue weighted by Gasteiger charge is 2.22. The van der Waals surface area contributed by atoms with Crippen LogP contribution in [0.1, 0.15) is 66.6 Å². The molecule has 0 bridgehead atoms. The van der Waals surface area contributed by atoms with Gasteiger partial charge >= 0.3 is 5.97 Å². The van der Waals surface area contributed by atoms with Crippen molar-refractivity contribution in [2.75, 3.05) is 7.11 Å². The Morgan fingerprint density at radius 2 is 1.59 bits per heavy atom. The van der Waals surface area contributed by atoms with E-state index in [0.29, 0.717) is 12.4 Å². The maximum absolute atomic E-state index is 12.0. The molecular formula is C22H26O5. The van der Waals surface area contributed by atoms with Gasteiger partial charge in [-0.1, -0.05) is 39.8 Å². The quantitative estimate of drug-likeness (QED) is 0.534. The summed E-state index contributed by atoms with van der Waals surface area (Å²) in [6.45, 7) is 8.32. The summed E-state index contributed by atoms with van der Waals surface area (Å²) < 4.78 is 11.4. The number of carbonyl (C=O) groups is 2. The molecule has 0 spiro atoms. The summed E-state index contributed by atoms with van der Waals surface area (Å²) in [5, 5.41) is 9.07. The van der Waals surface area contributed by atoms with Crippen LogP contribution in [0.15, 0.2) is 36.4 Å². The fraction of sp³-hybridized carbons (Fsp3) is 0.364. The fourth-order valence-electron chi connectivity index (χ4n) is 2.87. The summed E-state index contributed by atoms with van der Waals surface area (Å²) in [7, 11) is 1.62. The number of benzene rings is 2. The Morgan fingerprint density at radius 1 is 1.00 bits per heavy atom. The number of methoxy groups -OCH3 is 1. The lowest BCUT2D eigenvalue weighted by Crippen LogP contribution is -2.15. The minimum atomic E-state index is -1.45. The third kappa shape index (κ3) is 4.88. The Balaban J connectivity index is 2.46. The van der Waals surface area contributed by atoms with Crippen LogP contribution in [0.25, 0.3) is 0 Å². The zero-order valence-electron chi connectivity index (χ0n) is 16.4. The van der Waals surface area contributed by atoms with Crippen LogP contribution in [0.2, 0.25) is 0 Å². The molecule has 0 radical (unpaired) electrons. The van der Waals surface area contributed by atoms with Gasteiger partial charge in [-0.2, -0.15) is 0 Å². The van der Waals surface area contributed by atoms with Crippen molar-refractivity contribution in [3.8, 4) is 11.5 Å². The van der Waals surface area contributed by atoms with Gasteiger partial charge in [0.05, 0.1) is 7.11 Å². The molecule has 2 aromatic carbocycles. The Morgan fingerprint density at radius 3 is 2.07 bits per heavy atom. The van der Waals surface area contributed by atoms with Crippen molar-refractivity contribution in [2.24, 2.45) is 0 Å². The number of carboxylic acid groups (broad SMARTS) is 1. The van der Waals surface area contributed by atoms with Crippen LogP contribution in [-0.2, 0) is 11.4 Å². The summed E-state index contributed by atoms with van der Waals surface area (Å²) in [4.78, 5) is 23.1. The molecule has 0 aliphatic heterocycles. The fourth-order valence-corrected chi connectivity index (χ4v) is 2.87. The van der Waals surface area contributed by atoms with Gasteiger partial charge in [0.2, 0.25) is 0 Å². The molecule has 1 N–H and O–H groups in total. The second-order valence-electron chi connectivity index (χ2n) is 7.07. The summed E-state index contributed by atoms with van der Waals surface area (Å²) in [5.41, 5.74) is 2.80. The van der Waals surface area contributed by atoms with Crippen molar-refractivity contribution >= 4 is 11.8 Å². The number of hydrogen-bond acceptors (Lipinski definition) is 4. The third-order valence-electron chi connectivity index (χ3n) is 4.36. The minimum Gasteiger partial charge on any atom is -0.497 e. The largest absolute Gasteiger partial charge is 0.497 e. The molecule has 2 aromatic rings. The van der Waals surface area contributed by atoms with Crippen LogP contribution in [0.5, 0.6) is 11.5 Å². The van der Waals surface area contributed by atoms with Crippen molar-refractivity contribution in [2.45, 2.75) is 46.1 Å². The first-order valence-electron chi connectivity index (χ1n) is 8.95. The van der Waals surface area contributed by atoms with Gasteiger partial charge in [-0.05, 0) is 52.8 Å². The normalized spacial score (nSPS) is 10.9. The molecule has 144 valence electrons. The first kappa shape index (κ1) is 20.5. The van der Waals surface area contributed by atoms with E-state index in [-0.39, 0.29) is 17.4 Å². The molecule has 2 rings (SSSR count). The maximum atomic E-state index is 12.0. The molecule has 0 aliphatic rings. The lowest BCUT2D eigenvalue weighted by molar-refractivity contribution is -0.131. The predicted molar refractivity (Wildman–Crippen MR) is 104 cm³/mol. The molecule has 0 saturated heterocycles.